The molecule has 0 spiro atoms. The Kier molecular flexibility index (Phi) is 6.32. The predicted molar refractivity (Wildman–Crippen MR) is 215 cm³/mol. The van der Waals surface area contributed by atoms with Crippen molar-refractivity contribution in [3.8, 4) is 44.5 Å². The maximum atomic E-state index is 2.56. The predicted octanol–water partition coefficient (Wildman–Crippen LogP) is 13.6. The van der Waals surface area contributed by atoms with Crippen molar-refractivity contribution in [1.82, 2.24) is 0 Å². The minimum atomic E-state index is -0.0759. The standard InChI is InChI=1S/C50H41N/c1-31-40-27-35(34-21-19-33(20-22-34)32-13-7-6-8-14-32)23-26-47(40)51(36-24-25-39-37-15-9-11-17-43(37)49(2,3)45(39)28-36)48-30-46-42(29-41(31)48)38-16-10-12-18-44(38)50(46,4)5/h6-31H,1-5H3. The first-order chi connectivity index (χ1) is 24.7. The monoisotopic (exact) mass is 655 g/mol. The Morgan fingerprint density at radius 3 is 1.59 bits per heavy atom. The van der Waals surface area contributed by atoms with Crippen molar-refractivity contribution in [3.05, 3.63) is 185 Å². The molecule has 0 N–H and O–H groups in total. The largest absolute Gasteiger partial charge is 0.310 e. The summed E-state index contributed by atoms with van der Waals surface area (Å²) in [6.07, 6.45) is 0. The Labute approximate surface area is 301 Å². The van der Waals surface area contributed by atoms with E-state index in [0.29, 0.717) is 0 Å². The van der Waals surface area contributed by atoms with Crippen LogP contribution in [0.15, 0.2) is 152 Å². The fraction of sp³-hybridized carbons (Fsp3) is 0.160. The van der Waals surface area contributed by atoms with Crippen LogP contribution in [0.4, 0.5) is 17.1 Å². The lowest BCUT2D eigenvalue weighted by molar-refractivity contribution is 0.659. The zero-order valence-corrected chi connectivity index (χ0v) is 30.0. The van der Waals surface area contributed by atoms with Crippen LogP contribution in [0.25, 0.3) is 44.5 Å². The van der Waals surface area contributed by atoms with E-state index in [4.69, 9.17) is 0 Å². The molecule has 0 saturated heterocycles. The lowest BCUT2D eigenvalue weighted by Gasteiger charge is -2.38. The highest BCUT2D eigenvalue weighted by Gasteiger charge is 2.40. The third-order valence-corrected chi connectivity index (χ3v) is 12.3. The molecule has 7 aromatic carbocycles. The van der Waals surface area contributed by atoms with Gasteiger partial charge in [-0.3, -0.25) is 0 Å². The van der Waals surface area contributed by atoms with E-state index >= 15 is 0 Å². The summed E-state index contributed by atoms with van der Waals surface area (Å²) in [5.74, 6) is 0.228. The van der Waals surface area contributed by atoms with Gasteiger partial charge in [0.15, 0.2) is 0 Å². The highest BCUT2D eigenvalue weighted by molar-refractivity contribution is 5.93. The van der Waals surface area contributed by atoms with E-state index in [1.807, 2.05) is 0 Å². The van der Waals surface area contributed by atoms with Gasteiger partial charge in [-0.2, -0.15) is 0 Å². The molecule has 10 rings (SSSR count). The molecule has 0 aromatic heterocycles. The molecule has 1 aliphatic heterocycles. The highest BCUT2D eigenvalue weighted by Crippen LogP contribution is 2.57. The summed E-state index contributed by atoms with van der Waals surface area (Å²) in [5, 5.41) is 0. The lowest BCUT2D eigenvalue weighted by Crippen LogP contribution is -2.23. The van der Waals surface area contributed by atoms with Gasteiger partial charge in [0.05, 0.1) is 5.69 Å². The summed E-state index contributed by atoms with van der Waals surface area (Å²) in [6.45, 7) is 11.9. The molecule has 2 aliphatic carbocycles. The van der Waals surface area contributed by atoms with Crippen molar-refractivity contribution in [2.45, 2.75) is 51.4 Å². The molecule has 1 nitrogen and oxygen atoms in total. The molecule has 1 heteroatoms. The Balaban J connectivity index is 1.16. The average Bonchev–Trinajstić information content (AvgIpc) is 3.53. The quantitative estimate of drug-likeness (QED) is 0.183. The van der Waals surface area contributed by atoms with Gasteiger partial charge < -0.3 is 4.90 Å². The van der Waals surface area contributed by atoms with E-state index < -0.39 is 0 Å². The van der Waals surface area contributed by atoms with Gasteiger partial charge in [-0.05, 0) is 114 Å². The van der Waals surface area contributed by atoms with Crippen molar-refractivity contribution in [2.75, 3.05) is 4.90 Å². The summed E-state index contributed by atoms with van der Waals surface area (Å²) < 4.78 is 0. The zero-order valence-electron chi connectivity index (χ0n) is 30.0. The first-order valence-corrected chi connectivity index (χ1v) is 18.3. The van der Waals surface area contributed by atoms with Gasteiger partial charge in [0.1, 0.15) is 0 Å². The van der Waals surface area contributed by atoms with Crippen LogP contribution >= 0.6 is 0 Å². The summed E-state index contributed by atoms with van der Waals surface area (Å²) in [4.78, 5) is 2.56. The van der Waals surface area contributed by atoms with E-state index in [2.05, 4.69) is 191 Å². The maximum Gasteiger partial charge on any atom is 0.0503 e. The molecule has 0 bridgehead atoms. The summed E-state index contributed by atoms with van der Waals surface area (Å²) in [7, 11) is 0. The second-order valence-corrected chi connectivity index (χ2v) is 15.8. The van der Waals surface area contributed by atoms with Gasteiger partial charge in [0.25, 0.3) is 0 Å². The summed E-state index contributed by atoms with van der Waals surface area (Å²) in [5.41, 5.74) is 22.4. The average molecular weight is 656 g/mol. The van der Waals surface area contributed by atoms with Crippen LogP contribution in [-0.4, -0.2) is 0 Å². The van der Waals surface area contributed by atoms with Crippen LogP contribution in [0, 0.1) is 0 Å². The van der Waals surface area contributed by atoms with E-state index in [9.17, 15) is 0 Å². The molecule has 3 aliphatic rings. The molecule has 1 atom stereocenters. The molecule has 246 valence electrons. The SMILES string of the molecule is CC1c2cc(-c3ccc(-c4ccccc4)cc3)ccc2N(c2ccc3c(c2)C(C)(C)c2ccccc2-3)c2cc3c(cc21)-c1ccccc1C3(C)C. The maximum absolute atomic E-state index is 2.56. The Morgan fingerprint density at radius 2 is 0.902 bits per heavy atom. The number of nitrogens with zero attached hydrogens (tertiary/aromatic N) is 1. The van der Waals surface area contributed by atoms with Gasteiger partial charge in [0, 0.05) is 28.1 Å². The smallest absolute Gasteiger partial charge is 0.0503 e. The zero-order chi connectivity index (χ0) is 34.6. The molecular formula is C50H41N. The van der Waals surface area contributed by atoms with E-state index in [1.54, 1.807) is 0 Å². The molecule has 0 fully saturated rings. The normalized spacial score (nSPS) is 16.8. The first-order valence-electron chi connectivity index (χ1n) is 18.3. The minimum Gasteiger partial charge on any atom is -0.310 e. The third kappa shape index (κ3) is 4.28. The van der Waals surface area contributed by atoms with E-state index in [0.717, 1.165) is 0 Å². The van der Waals surface area contributed by atoms with Crippen molar-refractivity contribution < 1.29 is 0 Å². The molecule has 0 amide bonds. The van der Waals surface area contributed by atoms with Crippen molar-refractivity contribution in [2.24, 2.45) is 0 Å². The van der Waals surface area contributed by atoms with Crippen LogP contribution < -0.4 is 4.90 Å². The number of fused-ring (bicyclic) bond motifs is 8. The Bertz CT molecular complexity index is 2530. The van der Waals surface area contributed by atoms with Gasteiger partial charge in [-0.1, -0.05) is 150 Å². The molecule has 1 unspecified atom stereocenters. The van der Waals surface area contributed by atoms with Crippen molar-refractivity contribution in [3.63, 3.8) is 0 Å². The fourth-order valence-corrected chi connectivity index (χ4v) is 9.47. The van der Waals surface area contributed by atoms with Gasteiger partial charge >= 0.3 is 0 Å². The van der Waals surface area contributed by atoms with Crippen LogP contribution in [0.5, 0.6) is 0 Å². The Hall–Kier alpha value is -5.66. The van der Waals surface area contributed by atoms with Crippen molar-refractivity contribution >= 4 is 17.1 Å². The Morgan fingerprint density at radius 1 is 0.392 bits per heavy atom. The van der Waals surface area contributed by atoms with Crippen LogP contribution in [0.2, 0.25) is 0 Å². The lowest BCUT2D eigenvalue weighted by atomic mass is 9.79. The third-order valence-electron chi connectivity index (χ3n) is 12.3. The summed E-state index contributed by atoms with van der Waals surface area (Å²) >= 11 is 0. The molecule has 7 aromatic rings. The van der Waals surface area contributed by atoms with E-state index in [1.165, 1.54) is 95.0 Å². The topological polar surface area (TPSA) is 3.24 Å². The minimum absolute atomic E-state index is 0.0754. The summed E-state index contributed by atoms with van der Waals surface area (Å²) in [6, 6.07) is 57.0. The second kappa shape index (κ2) is 10.7. The number of anilines is 3. The van der Waals surface area contributed by atoms with Gasteiger partial charge in [-0.25, -0.2) is 0 Å². The van der Waals surface area contributed by atoms with Crippen LogP contribution in [0.1, 0.15) is 73.9 Å². The van der Waals surface area contributed by atoms with Crippen LogP contribution in [-0.2, 0) is 10.8 Å². The number of benzene rings is 7. The molecule has 0 radical (unpaired) electrons. The molecule has 1 heterocycles. The van der Waals surface area contributed by atoms with Gasteiger partial charge in [-0.15, -0.1) is 0 Å². The number of hydrogen-bond donors (Lipinski definition) is 0. The molecule has 0 saturated carbocycles. The number of hydrogen-bond acceptors (Lipinski definition) is 1. The van der Waals surface area contributed by atoms with E-state index in [-0.39, 0.29) is 16.7 Å². The van der Waals surface area contributed by atoms with Gasteiger partial charge in [0.2, 0.25) is 0 Å². The van der Waals surface area contributed by atoms with Crippen molar-refractivity contribution in [1.29, 1.82) is 0 Å². The highest BCUT2D eigenvalue weighted by atomic mass is 15.2. The number of rotatable bonds is 3. The molecule has 51 heavy (non-hydrogen) atoms. The molecular weight excluding hydrogens is 615 g/mol. The second-order valence-electron chi connectivity index (χ2n) is 15.8. The van der Waals surface area contributed by atoms with Crippen LogP contribution in [0.3, 0.4) is 0 Å². The first kappa shape index (κ1) is 30.2. The fourth-order valence-electron chi connectivity index (χ4n) is 9.47.